The fourth-order valence-electron chi connectivity index (χ4n) is 1.26. The van der Waals surface area contributed by atoms with Crippen LogP contribution < -0.4 is 0 Å². The largest absolute Gasteiger partial charge is 0.464 e. The Balaban J connectivity index is 4.87. The molecule has 6 nitrogen and oxygen atoms in total. The number of carbonyl (C=O) groups excluding carboxylic acids is 3. The van der Waals surface area contributed by atoms with Gasteiger partial charge in [-0.15, -0.1) is 0 Å². The fourth-order valence-corrected chi connectivity index (χ4v) is 1.26. The average molecular weight is 259 g/mol. The van der Waals surface area contributed by atoms with Gasteiger partial charge in [0.05, 0.1) is 6.61 Å². The Morgan fingerprint density at radius 2 is 1.72 bits per heavy atom. The summed E-state index contributed by atoms with van der Waals surface area (Å²) in [4.78, 5) is 35.7. The molecule has 1 unspecified atom stereocenters. The van der Waals surface area contributed by atoms with E-state index in [0.717, 1.165) is 4.90 Å². The number of rotatable bonds is 4. The first-order valence-corrected chi connectivity index (χ1v) is 5.73. The molecular weight excluding hydrogens is 238 g/mol. The lowest BCUT2D eigenvalue weighted by atomic mass is 10.2. The van der Waals surface area contributed by atoms with Crippen molar-refractivity contribution in [2.24, 2.45) is 0 Å². The van der Waals surface area contributed by atoms with Crippen LogP contribution in [-0.4, -0.2) is 48.0 Å². The van der Waals surface area contributed by atoms with E-state index >= 15 is 0 Å². The van der Waals surface area contributed by atoms with Crippen LogP contribution in [0.25, 0.3) is 0 Å². The number of likely N-dealkylation sites (N-methyl/N-ethyl adjacent to an activating group) is 1. The predicted octanol–water partition coefficient (Wildman–Crippen LogP) is 1.37. The van der Waals surface area contributed by atoms with Crippen molar-refractivity contribution in [3.63, 3.8) is 0 Å². The van der Waals surface area contributed by atoms with Crippen LogP contribution in [-0.2, 0) is 19.1 Å². The third-order valence-electron chi connectivity index (χ3n) is 1.96. The number of hydrogen-bond acceptors (Lipinski definition) is 5. The number of ether oxygens (including phenoxy) is 2. The molecule has 0 aliphatic rings. The van der Waals surface area contributed by atoms with Crippen molar-refractivity contribution in [3.05, 3.63) is 0 Å². The van der Waals surface area contributed by atoms with Gasteiger partial charge in [-0.25, -0.2) is 9.59 Å². The van der Waals surface area contributed by atoms with Crippen LogP contribution in [0.5, 0.6) is 0 Å². The molecule has 0 N–H and O–H groups in total. The van der Waals surface area contributed by atoms with Gasteiger partial charge >= 0.3 is 12.1 Å². The van der Waals surface area contributed by atoms with Crippen LogP contribution in [0, 0.1) is 0 Å². The first-order chi connectivity index (χ1) is 8.10. The number of amides is 1. The Bertz CT molecular complexity index is 332. The van der Waals surface area contributed by atoms with Crippen molar-refractivity contribution in [1.82, 2.24) is 4.90 Å². The number of esters is 1. The Hall–Kier alpha value is -1.59. The maximum atomic E-state index is 11.8. The minimum atomic E-state index is -1.26. The minimum absolute atomic E-state index is 0.144. The van der Waals surface area contributed by atoms with Crippen LogP contribution in [0.1, 0.15) is 34.6 Å². The Labute approximate surface area is 107 Å². The van der Waals surface area contributed by atoms with Gasteiger partial charge in [0.1, 0.15) is 5.60 Å². The standard InChI is InChI=1S/C12H21NO5/c1-7-17-10(15)9(8(2)14)13(6)11(16)18-12(3,4)5/h9H,7H2,1-6H3. The van der Waals surface area contributed by atoms with Crippen LogP contribution in [0.4, 0.5) is 4.79 Å². The average Bonchev–Trinajstić information content (AvgIpc) is 2.14. The second-order valence-corrected chi connectivity index (χ2v) is 4.86. The van der Waals surface area contributed by atoms with Gasteiger partial charge in [0.25, 0.3) is 0 Å². The molecule has 104 valence electrons. The summed E-state index contributed by atoms with van der Waals surface area (Å²) in [6, 6.07) is -1.26. The zero-order valence-electron chi connectivity index (χ0n) is 11.8. The molecule has 0 aromatic heterocycles. The molecule has 0 rings (SSSR count). The molecule has 6 heteroatoms. The molecule has 0 aliphatic heterocycles. The number of carbonyl (C=O) groups is 3. The van der Waals surface area contributed by atoms with E-state index in [2.05, 4.69) is 0 Å². The molecule has 0 aromatic rings. The number of hydrogen-bond donors (Lipinski definition) is 0. The summed E-state index contributed by atoms with van der Waals surface area (Å²) in [6.45, 7) is 8.10. The molecule has 0 bridgehead atoms. The van der Waals surface area contributed by atoms with Gasteiger partial charge < -0.3 is 9.47 Å². The second kappa shape index (κ2) is 6.37. The van der Waals surface area contributed by atoms with Crippen LogP contribution in [0.3, 0.4) is 0 Å². The Morgan fingerprint density at radius 3 is 2.06 bits per heavy atom. The molecule has 0 aliphatic carbocycles. The van der Waals surface area contributed by atoms with Crippen LogP contribution in [0.2, 0.25) is 0 Å². The lowest BCUT2D eigenvalue weighted by molar-refractivity contribution is -0.152. The lowest BCUT2D eigenvalue weighted by Gasteiger charge is -2.28. The number of ketones is 1. The smallest absolute Gasteiger partial charge is 0.411 e. The topological polar surface area (TPSA) is 72.9 Å². The molecular formula is C12H21NO5. The summed E-state index contributed by atoms with van der Waals surface area (Å²) in [5, 5.41) is 0. The maximum Gasteiger partial charge on any atom is 0.411 e. The first kappa shape index (κ1) is 16.4. The van der Waals surface area contributed by atoms with Crippen LogP contribution >= 0.6 is 0 Å². The molecule has 0 spiro atoms. The summed E-state index contributed by atoms with van der Waals surface area (Å²) < 4.78 is 9.84. The summed E-state index contributed by atoms with van der Waals surface area (Å²) in [5.41, 5.74) is -0.693. The SMILES string of the molecule is CCOC(=O)C(C(C)=O)N(C)C(=O)OC(C)(C)C. The van der Waals surface area contributed by atoms with Gasteiger partial charge in [-0.2, -0.15) is 0 Å². The van der Waals surface area contributed by atoms with Gasteiger partial charge in [-0.05, 0) is 34.6 Å². The van der Waals surface area contributed by atoms with E-state index < -0.39 is 29.5 Å². The number of nitrogens with zero attached hydrogens (tertiary/aromatic N) is 1. The number of Topliss-reactive ketones (excluding diaryl/α,β-unsaturated/α-hetero) is 1. The highest BCUT2D eigenvalue weighted by atomic mass is 16.6. The van der Waals surface area contributed by atoms with E-state index in [-0.39, 0.29) is 6.61 Å². The summed E-state index contributed by atoms with van der Waals surface area (Å²) in [6.07, 6.45) is -0.740. The summed E-state index contributed by atoms with van der Waals surface area (Å²) in [5.74, 6) is -1.22. The maximum absolute atomic E-state index is 11.8. The zero-order valence-corrected chi connectivity index (χ0v) is 11.8. The Kier molecular flexibility index (Phi) is 5.81. The summed E-state index contributed by atoms with van der Waals surface area (Å²) >= 11 is 0. The molecule has 0 radical (unpaired) electrons. The van der Waals surface area contributed by atoms with Gasteiger partial charge in [0, 0.05) is 7.05 Å². The van der Waals surface area contributed by atoms with Crippen molar-refractivity contribution in [2.75, 3.05) is 13.7 Å². The van der Waals surface area contributed by atoms with E-state index in [9.17, 15) is 14.4 Å². The quantitative estimate of drug-likeness (QED) is 0.563. The van der Waals surface area contributed by atoms with Crippen molar-refractivity contribution in [1.29, 1.82) is 0 Å². The van der Waals surface area contributed by atoms with Gasteiger partial charge in [0.15, 0.2) is 11.8 Å². The van der Waals surface area contributed by atoms with Crippen molar-refractivity contribution in [2.45, 2.75) is 46.3 Å². The molecule has 0 aromatic carbocycles. The minimum Gasteiger partial charge on any atom is -0.464 e. The second-order valence-electron chi connectivity index (χ2n) is 4.86. The van der Waals surface area contributed by atoms with E-state index in [1.54, 1.807) is 27.7 Å². The summed E-state index contributed by atoms with van der Waals surface area (Å²) in [7, 11) is 1.33. The van der Waals surface area contributed by atoms with E-state index in [4.69, 9.17) is 9.47 Å². The van der Waals surface area contributed by atoms with Crippen molar-refractivity contribution < 1.29 is 23.9 Å². The van der Waals surface area contributed by atoms with Gasteiger partial charge in [-0.1, -0.05) is 0 Å². The van der Waals surface area contributed by atoms with Gasteiger partial charge in [-0.3, -0.25) is 9.69 Å². The highest BCUT2D eigenvalue weighted by Crippen LogP contribution is 2.12. The lowest BCUT2D eigenvalue weighted by Crippen LogP contribution is -2.49. The van der Waals surface area contributed by atoms with Crippen LogP contribution in [0.15, 0.2) is 0 Å². The molecule has 0 fully saturated rings. The first-order valence-electron chi connectivity index (χ1n) is 5.73. The van der Waals surface area contributed by atoms with Gasteiger partial charge in [0.2, 0.25) is 0 Å². The molecule has 0 heterocycles. The van der Waals surface area contributed by atoms with E-state index in [0.29, 0.717) is 0 Å². The third kappa shape index (κ3) is 5.16. The fraction of sp³-hybridized carbons (Fsp3) is 0.750. The normalized spacial score (nSPS) is 12.6. The van der Waals surface area contributed by atoms with E-state index in [1.165, 1.54) is 14.0 Å². The molecule has 0 saturated heterocycles. The Morgan fingerprint density at radius 1 is 1.22 bits per heavy atom. The zero-order chi connectivity index (χ0) is 14.5. The highest BCUT2D eigenvalue weighted by molar-refractivity contribution is 6.04. The van der Waals surface area contributed by atoms with Crippen molar-refractivity contribution in [3.8, 4) is 0 Å². The highest BCUT2D eigenvalue weighted by Gasteiger charge is 2.34. The predicted molar refractivity (Wildman–Crippen MR) is 65.1 cm³/mol. The van der Waals surface area contributed by atoms with E-state index in [1.807, 2.05) is 0 Å². The monoisotopic (exact) mass is 259 g/mol. The molecule has 18 heavy (non-hydrogen) atoms. The molecule has 1 amide bonds. The third-order valence-corrected chi connectivity index (χ3v) is 1.96. The van der Waals surface area contributed by atoms with Crippen molar-refractivity contribution >= 4 is 17.8 Å². The molecule has 1 atom stereocenters. The molecule has 0 saturated carbocycles.